The van der Waals surface area contributed by atoms with Crippen molar-refractivity contribution in [2.75, 3.05) is 7.11 Å². The van der Waals surface area contributed by atoms with E-state index in [-0.39, 0.29) is 17.4 Å². The molecule has 130 valence electrons. The predicted molar refractivity (Wildman–Crippen MR) is 88.5 cm³/mol. The molecule has 25 heavy (non-hydrogen) atoms. The average Bonchev–Trinajstić information content (AvgIpc) is 3.06. The molecule has 0 spiro atoms. The van der Waals surface area contributed by atoms with Crippen molar-refractivity contribution < 1.29 is 18.3 Å². The molecule has 3 rings (SSSR count). The van der Waals surface area contributed by atoms with Crippen LogP contribution >= 0.6 is 0 Å². The molecule has 5 nitrogen and oxygen atoms in total. The molecule has 0 aliphatic rings. The van der Waals surface area contributed by atoms with Crippen LogP contribution in [0.1, 0.15) is 6.92 Å². The van der Waals surface area contributed by atoms with E-state index in [2.05, 4.69) is 9.97 Å². The van der Waals surface area contributed by atoms with Gasteiger partial charge in [-0.3, -0.25) is 4.98 Å². The average molecular weight is 345 g/mol. The lowest BCUT2D eigenvalue weighted by Crippen LogP contribution is -2.20. The maximum Gasteiger partial charge on any atom is 0.201 e. The van der Waals surface area contributed by atoms with Crippen LogP contribution in [-0.2, 0) is 6.54 Å². The summed E-state index contributed by atoms with van der Waals surface area (Å²) < 4.78 is 40.6. The van der Waals surface area contributed by atoms with Gasteiger partial charge in [-0.15, -0.1) is 0 Å². The van der Waals surface area contributed by atoms with Crippen molar-refractivity contribution in [3.63, 3.8) is 0 Å². The second kappa shape index (κ2) is 7.29. The normalized spacial score (nSPS) is 12.0. The molecule has 1 unspecified atom stereocenters. The van der Waals surface area contributed by atoms with E-state index < -0.39 is 11.6 Å². The number of nitrogens with zero attached hydrogens (tertiary/aromatic N) is 3. The highest BCUT2D eigenvalue weighted by Gasteiger charge is 2.19. The zero-order valence-corrected chi connectivity index (χ0v) is 13.8. The number of rotatable bonds is 6. The van der Waals surface area contributed by atoms with Crippen molar-refractivity contribution in [3.05, 3.63) is 60.7 Å². The van der Waals surface area contributed by atoms with E-state index in [4.69, 9.17) is 9.47 Å². The Hall–Kier alpha value is -2.96. The Kier molecular flexibility index (Phi) is 4.92. The van der Waals surface area contributed by atoms with E-state index in [1.807, 2.05) is 6.92 Å². The molecule has 1 aromatic carbocycles. The molecular formula is C18H17F2N3O2. The van der Waals surface area contributed by atoms with Gasteiger partial charge in [0.05, 0.1) is 25.4 Å². The van der Waals surface area contributed by atoms with Gasteiger partial charge in [0.25, 0.3) is 0 Å². The molecule has 0 aliphatic heterocycles. The van der Waals surface area contributed by atoms with Crippen LogP contribution in [0, 0.1) is 11.6 Å². The molecule has 7 heteroatoms. The zero-order valence-electron chi connectivity index (χ0n) is 13.8. The first-order chi connectivity index (χ1) is 12.1. The Morgan fingerprint density at radius 2 is 2.00 bits per heavy atom. The van der Waals surface area contributed by atoms with Crippen molar-refractivity contribution >= 4 is 0 Å². The van der Waals surface area contributed by atoms with Gasteiger partial charge in [0.15, 0.2) is 11.6 Å². The summed E-state index contributed by atoms with van der Waals surface area (Å²) in [5, 5.41) is 0. The molecular weight excluding hydrogens is 328 g/mol. The summed E-state index contributed by atoms with van der Waals surface area (Å²) >= 11 is 0. The van der Waals surface area contributed by atoms with Crippen molar-refractivity contribution in [2.45, 2.75) is 19.6 Å². The summed E-state index contributed by atoms with van der Waals surface area (Å²) in [7, 11) is 1.29. The summed E-state index contributed by atoms with van der Waals surface area (Å²) in [5.74, 6) is -1.21. The van der Waals surface area contributed by atoms with E-state index in [0.29, 0.717) is 18.1 Å². The lowest BCUT2D eigenvalue weighted by Gasteiger charge is -2.17. The number of benzene rings is 1. The third-order valence-electron chi connectivity index (χ3n) is 3.65. The van der Waals surface area contributed by atoms with E-state index in [9.17, 15) is 8.78 Å². The van der Waals surface area contributed by atoms with E-state index in [0.717, 1.165) is 0 Å². The van der Waals surface area contributed by atoms with Crippen LogP contribution < -0.4 is 9.47 Å². The summed E-state index contributed by atoms with van der Waals surface area (Å²) in [6.07, 6.45) is 6.28. The quantitative estimate of drug-likeness (QED) is 0.683. The van der Waals surface area contributed by atoms with E-state index >= 15 is 0 Å². The van der Waals surface area contributed by atoms with Crippen LogP contribution in [0.3, 0.4) is 0 Å². The molecule has 0 saturated heterocycles. The molecule has 2 aromatic heterocycles. The first-order valence-electron chi connectivity index (χ1n) is 7.70. The highest BCUT2D eigenvalue weighted by atomic mass is 19.2. The molecule has 0 amide bonds. The Morgan fingerprint density at radius 1 is 1.16 bits per heavy atom. The number of pyridine rings is 1. The number of imidazole rings is 1. The van der Waals surface area contributed by atoms with Crippen LogP contribution in [0.2, 0.25) is 0 Å². The van der Waals surface area contributed by atoms with Gasteiger partial charge in [-0.1, -0.05) is 0 Å². The van der Waals surface area contributed by atoms with Crippen LogP contribution in [0.25, 0.3) is 11.4 Å². The molecule has 1 atom stereocenters. The van der Waals surface area contributed by atoms with Gasteiger partial charge in [-0.2, -0.15) is 4.39 Å². The molecule has 3 aromatic rings. The fraction of sp³-hybridized carbons (Fsp3) is 0.222. The Morgan fingerprint density at radius 3 is 2.72 bits per heavy atom. The zero-order chi connectivity index (χ0) is 17.8. The highest BCUT2D eigenvalue weighted by molar-refractivity contribution is 5.58. The van der Waals surface area contributed by atoms with Crippen LogP contribution in [0.5, 0.6) is 11.5 Å². The molecule has 0 aliphatic carbocycles. The Balaban J connectivity index is 1.82. The lowest BCUT2D eigenvalue weighted by molar-refractivity contribution is 0.199. The summed E-state index contributed by atoms with van der Waals surface area (Å²) in [6, 6.07) is 6.40. The smallest absolute Gasteiger partial charge is 0.201 e. The minimum absolute atomic E-state index is 0.0666. The summed E-state index contributed by atoms with van der Waals surface area (Å²) in [6.45, 7) is 2.29. The minimum Gasteiger partial charge on any atom is -0.494 e. The number of hydrogen-bond acceptors (Lipinski definition) is 4. The summed E-state index contributed by atoms with van der Waals surface area (Å²) in [5.41, 5.74) is 0.0666. The molecule has 2 heterocycles. The minimum atomic E-state index is -1.03. The van der Waals surface area contributed by atoms with Gasteiger partial charge < -0.3 is 14.0 Å². The van der Waals surface area contributed by atoms with Gasteiger partial charge in [-0.05, 0) is 31.2 Å². The number of hydrogen-bond donors (Lipinski definition) is 0. The largest absolute Gasteiger partial charge is 0.494 e. The van der Waals surface area contributed by atoms with E-state index in [1.54, 1.807) is 35.3 Å². The number of methoxy groups -OCH3 is 1. The van der Waals surface area contributed by atoms with Crippen LogP contribution in [0.4, 0.5) is 8.78 Å². The van der Waals surface area contributed by atoms with E-state index in [1.165, 1.54) is 25.4 Å². The second-order valence-corrected chi connectivity index (χ2v) is 5.46. The fourth-order valence-corrected chi connectivity index (χ4v) is 2.53. The van der Waals surface area contributed by atoms with Crippen molar-refractivity contribution in [3.8, 4) is 22.9 Å². The van der Waals surface area contributed by atoms with Gasteiger partial charge >= 0.3 is 0 Å². The van der Waals surface area contributed by atoms with Crippen molar-refractivity contribution in [1.29, 1.82) is 0 Å². The molecule has 0 fully saturated rings. The lowest BCUT2D eigenvalue weighted by atomic mass is 10.1. The number of aromatic nitrogens is 3. The Labute approximate surface area is 143 Å². The maximum atomic E-state index is 14.3. The highest BCUT2D eigenvalue weighted by Crippen LogP contribution is 2.29. The SMILES string of the molecule is COc1ccc(-c2nccn2CC(C)Oc2cccnc2)c(F)c1F. The molecule has 0 N–H and O–H groups in total. The number of ether oxygens (including phenoxy) is 2. The summed E-state index contributed by atoms with van der Waals surface area (Å²) in [4.78, 5) is 8.14. The molecule has 0 bridgehead atoms. The van der Waals surface area contributed by atoms with Crippen molar-refractivity contribution in [2.24, 2.45) is 0 Å². The predicted octanol–water partition coefficient (Wildman–Crippen LogP) is 3.70. The van der Waals surface area contributed by atoms with Gasteiger partial charge in [0.2, 0.25) is 5.82 Å². The maximum absolute atomic E-state index is 14.3. The standard InChI is InChI=1S/C18H17F2N3O2/c1-12(25-13-4-3-7-21-10-13)11-23-9-8-22-18(23)14-5-6-15(24-2)17(20)16(14)19/h3-10,12H,11H2,1-2H3. The topological polar surface area (TPSA) is 49.2 Å². The molecule has 0 saturated carbocycles. The fourth-order valence-electron chi connectivity index (χ4n) is 2.53. The third-order valence-corrected chi connectivity index (χ3v) is 3.65. The third kappa shape index (κ3) is 3.60. The van der Waals surface area contributed by atoms with Crippen LogP contribution in [0.15, 0.2) is 49.1 Å². The van der Waals surface area contributed by atoms with Crippen LogP contribution in [-0.4, -0.2) is 27.7 Å². The van der Waals surface area contributed by atoms with Gasteiger partial charge in [-0.25, -0.2) is 9.37 Å². The molecule has 0 radical (unpaired) electrons. The first kappa shape index (κ1) is 16.9. The monoisotopic (exact) mass is 345 g/mol. The van der Waals surface area contributed by atoms with Gasteiger partial charge in [0.1, 0.15) is 17.7 Å². The van der Waals surface area contributed by atoms with Crippen molar-refractivity contribution in [1.82, 2.24) is 14.5 Å². The van der Waals surface area contributed by atoms with Gasteiger partial charge in [0, 0.05) is 18.6 Å². The Bertz CT molecular complexity index is 853. The number of halogens is 2. The first-order valence-corrected chi connectivity index (χ1v) is 7.70. The second-order valence-electron chi connectivity index (χ2n) is 5.46.